The maximum absolute atomic E-state index is 13.3. The van der Waals surface area contributed by atoms with Gasteiger partial charge in [-0.05, 0) is 36.1 Å². The Morgan fingerprint density at radius 3 is 1.06 bits per heavy atom. The van der Waals surface area contributed by atoms with Crippen molar-refractivity contribution in [1.82, 2.24) is 0 Å². The zero-order chi connectivity index (χ0) is 37.2. The van der Waals surface area contributed by atoms with Gasteiger partial charge in [0.05, 0.1) is 25.3 Å². The quantitative estimate of drug-likeness (QED) is 0.0606. The SMILES string of the molecule is COC(=O)c1ccccc1C(CCCCCCCCCCCCCCCCCCCCCCCCC(=O)O)(C(=O)O)c1ccccc1C(=O)OC. The molecule has 0 radical (unpaired) electrons. The van der Waals surface area contributed by atoms with E-state index in [1.54, 1.807) is 48.5 Å². The third-order valence-electron chi connectivity index (χ3n) is 10.1. The highest BCUT2D eigenvalue weighted by atomic mass is 16.5. The minimum absolute atomic E-state index is 0.171. The number of ether oxygens (including phenoxy) is 2. The highest BCUT2D eigenvalue weighted by Gasteiger charge is 2.46. The van der Waals surface area contributed by atoms with Crippen molar-refractivity contribution < 1.29 is 38.9 Å². The van der Waals surface area contributed by atoms with Crippen LogP contribution in [0, 0.1) is 0 Å². The minimum atomic E-state index is -1.64. The number of aliphatic carboxylic acids is 2. The summed E-state index contributed by atoms with van der Waals surface area (Å²) in [5.74, 6) is -3.05. The van der Waals surface area contributed by atoms with Crippen LogP contribution in [0.3, 0.4) is 0 Å². The van der Waals surface area contributed by atoms with Gasteiger partial charge in [0, 0.05) is 6.42 Å². The molecule has 2 N–H and O–H groups in total. The van der Waals surface area contributed by atoms with E-state index in [9.17, 15) is 24.3 Å². The Kier molecular flexibility index (Phi) is 22.3. The van der Waals surface area contributed by atoms with Crippen molar-refractivity contribution in [2.75, 3.05) is 14.2 Å². The van der Waals surface area contributed by atoms with E-state index < -0.39 is 29.3 Å². The Hall–Kier alpha value is -3.68. The lowest BCUT2D eigenvalue weighted by molar-refractivity contribution is -0.142. The van der Waals surface area contributed by atoms with Crippen LogP contribution in [0.1, 0.15) is 186 Å². The first-order chi connectivity index (χ1) is 24.8. The number of unbranched alkanes of at least 4 members (excludes halogenated alkanes) is 21. The van der Waals surface area contributed by atoms with Crippen molar-refractivity contribution in [2.45, 2.75) is 160 Å². The van der Waals surface area contributed by atoms with Crippen molar-refractivity contribution >= 4 is 23.9 Å². The van der Waals surface area contributed by atoms with Gasteiger partial charge >= 0.3 is 23.9 Å². The first kappa shape index (κ1) is 43.5. The molecule has 2 aromatic carbocycles. The number of esters is 2. The molecule has 0 aromatic heterocycles. The number of benzene rings is 2. The maximum Gasteiger partial charge on any atom is 0.338 e. The summed E-state index contributed by atoms with van der Waals surface area (Å²) >= 11 is 0. The summed E-state index contributed by atoms with van der Waals surface area (Å²) < 4.78 is 10.0. The average Bonchev–Trinajstić information content (AvgIpc) is 3.14. The van der Waals surface area contributed by atoms with E-state index in [1.165, 1.54) is 117 Å². The fraction of sp³-hybridized carbons (Fsp3) is 0.628. The molecule has 8 nitrogen and oxygen atoms in total. The Balaban J connectivity index is 1.66. The number of methoxy groups -OCH3 is 2. The molecular weight excluding hydrogens is 644 g/mol. The summed E-state index contributed by atoms with van der Waals surface area (Å²) in [6.07, 6.45) is 26.6. The van der Waals surface area contributed by atoms with Crippen molar-refractivity contribution in [3.05, 3.63) is 70.8 Å². The smallest absolute Gasteiger partial charge is 0.338 e. The molecule has 0 bridgehead atoms. The van der Waals surface area contributed by atoms with Crippen LogP contribution in [0.4, 0.5) is 0 Å². The van der Waals surface area contributed by atoms with Crippen molar-refractivity contribution in [2.24, 2.45) is 0 Å². The fourth-order valence-corrected chi connectivity index (χ4v) is 7.24. The Bertz CT molecular complexity index is 1240. The first-order valence-corrected chi connectivity index (χ1v) is 19.6. The molecule has 0 saturated heterocycles. The van der Waals surface area contributed by atoms with Gasteiger partial charge in [0.15, 0.2) is 0 Å². The third kappa shape index (κ3) is 15.6. The van der Waals surface area contributed by atoms with E-state index >= 15 is 0 Å². The molecule has 0 amide bonds. The lowest BCUT2D eigenvalue weighted by Crippen LogP contribution is -2.40. The zero-order valence-electron chi connectivity index (χ0n) is 31.4. The third-order valence-corrected chi connectivity index (χ3v) is 10.1. The van der Waals surface area contributed by atoms with Crippen LogP contribution in [-0.2, 0) is 24.5 Å². The van der Waals surface area contributed by atoms with Crippen LogP contribution >= 0.6 is 0 Å². The Morgan fingerprint density at radius 2 is 0.765 bits per heavy atom. The van der Waals surface area contributed by atoms with Crippen LogP contribution in [0.2, 0.25) is 0 Å². The summed E-state index contributed by atoms with van der Waals surface area (Å²) in [4.78, 5) is 49.4. The Labute approximate surface area is 306 Å². The normalized spacial score (nSPS) is 11.3. The monoisotopic (exact) mass is 708 g/mol. The van der Waals surface area contributed by atoms with Crippen molar-refractivity contribution in [3.63, 3.8) is 0 Å². The molecule has 0 aliphatic heterocycles. The first-order valence-electron chi connectivity index (χ1n) is 19.6. The maximum atomic E-state index is 13.3. The van der Waals surface area contributed by atoms with Gasteiger partial charge in [-0.2, -0.15) is 0 Å². The second-order valence-electron chi connectivity index (χ2n) is 14.0. The summed E-state index contributed by atoms with van der Waals surface area (Å²) in [6.45, 7) is 0. The van der Waals surface area contributed by atoms with Gasteiger partial charge in [-0.3, -0.25) is 9.59 Å². The summed E-state index contributed by atoms with van der Waals surface area (Å²) in [7, 11) is 2.55. The topological polar surface area (TPSA) is 127 Å². The van der Waals surface area contributed by atoms with Crippen LogP contribution < -0.4 is 0 Å². The van der Waals surface area contributed by atoms with E-state index in [2.05, 4.69) is 0 Å². The molecule has 284 valence electrons. The molecule has 0 saturated carbocycles. The molecule has 0 atom stereocenters. The van der Waals surface area contributed by atoms with Gasteiger partial charge < -0.3 is 19.7 Å². The molecule has 0 unspecified atom stereocenters. The highest BCUT2D eigenvalue weighted by molar-refractivity contribution is 5.99. The molecule has 0 aliphatic carbocycles. The molecule has 8 heteroatoms. The van der Waals surface area contributed by atoms with Gasteiger partial charge in [0.1, 0.15) is 5.41 Å². The Morgan fingerprint density at radius 1 is 0.471 bits per heavy atom. The molecule has 51 heavy (non-hydrogen) atoms. The van der Waals surface area contributed by atoms with Gasteiger partial charge in [-0.1, -0.05) is 171 Å². The number of rotatable bonds is 30. The molecule has 0 heterocycles. The predicted molar refractivity (Wildman–Crippen MR) is 202 cm³/mol. The molecule has 0 spiro atoms. The van der Waals surface area contributed by atoms with E-state index in [4.69, 9.17) is 14.6 Å². The molecule has 2 aromatic rings. The number of carbonyl (C=O) groups excluding carboxylic acids is 2. The molecular formula is C43H64O8. The number of carboxylic acids is 2. The molecule has 0 aliphatic rings. The van der Waals surface area contributed by atoms with Gasteiger partial charge in [-0.15, -0.1) is 0 Å². The zero-order valence-corrected chi connectivity index (χ0v) is 31.4. The van der Waals surface area contributed by atoms with E-state index in [0.29, 0.717) is 24.0 Å². The second-order valence-corrected chi connectivity index (χ2v) is 14.0. The second kappa shape index (κ2) is 26.1. The average molecular weight is 709 g/mol. The van der Waals surface area contributed by atoms with Crippen LogP contribution in [-0.4, -0.2) is 48.3 Å². The predicted octanol–water partition coefficient (Wildman–Crippen LogP) is 11.1. The fourth-order valence-electron chi connectivity index (χ4n) is 7.24. The summed E-state index contributed by atoms with van der Waals surface area (Å²) in [6, 6.07) is 13.2. The lowest BCUT2D eigenvalue weighted by Gasteiger charge is -2.33. The molecule has 0 fully saturated rings. The number of carbonyl (C=O) groups is 4. The highest BCUT2D eigenvalue weighted by Crippen LogP contribution is 2.42. The van der Waals surface area contributed by atoms with Gasteiger partial charge in [0.2, 0.25) is 0 Å². The van der Waals surface area contributed by atoms with Crippen molar-refractivity contribution in [1.29, 1.82) is 0 Å². The largest absolute Gasteiger partial charge is 0.481 e. The number of hydrogen-bond donors (Lipinski definition) is 2. The molecule has 2 rings (SSSR count). The lowest BCUT2D eigenvalue weighted by atomic mass is 9.68. The van der Waals surface area contributed by atoms with Crippen LogP contribution in [0.25, 0.3) is 0 Å². The summed E-state index contributed by atoms with van der Waals surface area (Å²) in [5.41, 5.74) is -0.672. The number of carboxylic acid groups (broad SMARTS) is 2. The van der Waals surface area contributed by atoms with E-state index in [-0.39, 0.29) is 17.5 Å². The summed E-state index contributed by atoms with van der Waals surface area (Å²) in [5, 5.41) is 19.5. The van der Waals surface area contributed by atoms with E-state index in [1.807, 2.05) is 0 Å². The number of hydrogen-bond acceptors (Lipinski definition) is 6. The van der Waals surface area contributed by atoms with E-state index in [0.717, 1.165) is 32.1 Å². The minimum Gasteiger partial charge on any atom is -0.481 e. The van der Waals surface area contributed by atoms with Crippen LogP contribution in [0.5, 0.6) is 0 Å². The standard InChI is InChI=1S/C43H64O8/c1-50-40(46)35-29-24-26-31-37(35)43(42(48)49,38-32-27-25-30-36(38)41(47)51-2)34-28-22-20-18-16-14-12-10-8-6-4-3-5-7-9-11-13-15-17-19-21-23-33-39(44)45/h24-27,29-32H,3-23,28,33-34H2,1-2H3,(H,44,45)(H,48,49). The van der Waals surface area contributed by atoms with Gasteiger partial charge in [-0.25, -0.2) is 9.59 Å². The van der Waals surface area contributed by atoms with Crippen LogP contribution in [0.15, 0.2) is 48.5 Å². The van der Waals surface area contributed by atoms with Gasteiger partial charge in [0.25, 0.3) is 0 Å². The van der Waals surface area contributed by atoms with Crippen molar-refractivity contribution in [3.8, 4) is 0 Å².